The van der Waals surface area contributed by atoms with E-state index in [0.29, 0.717) is 11.2 Å². The molecule has 0 aliphatic heterocycles. The topological polar surface area (TPSA) is 55.0 Å². The number of nitrogens with one attached hydrogen (secondary N) is 1. The van der Waals surface area contributed by atoms with E-state index in [-0.39, 0.29) is 5.56 Å². The van der Waals surface area contributed by atoms with Crippen LogP contribution in [0, 0.1) is 20.8 Å². The summed E-state index contributed by atoms with van der Waals surface area (Å²) in [5.74, 6) is 1.35. The van der Waals surface area contributed by atoms with E-state index in [4.69, 9.17) is 9.72 Å². The molecule has 0 unspecified atom stereocenters. The van der Waals surface area contributed by atoms with Gasteiger partial charge in [-0.05, 0) is 32.9 Å². The number of hydrogen-bond acceptors (Lipinski definition) is 4. The molecule has 5 heteroatoms. The number of aryl methyl sites for hydroxylation is 3. The Balaban J connectivity index is 1.97. The van der Waals surface area contributed by atoms with Gasteiger partial charge in [0.05, 0.1) is 12.5 Å². The summed E-state index contributed by atoms with van der Waals surface area (Å²) in [5.41, 5.74) is 4.89. The Morgan fingerprint density at radius 3 is 2.41 bits per heavy atom. The van der Waals surface area contributed by atoms with E-state index in [1.54, 1.807) is 7.11 Å². The molecule has 0 saturated heterocycles. The van der Waals surface area contributed by atoms with E-state index in [2.05, 4.69) is 11.1 Å². The van der Waals surface area contributed by atoms with Crippen molar-refractivity contribution < 1.29 is 4.74 Å². The Morgan fingerprint density at radius 1 is 1.00 bits per heavy atom. The van der Waals surface area contributed by atoms with Gasteiger partial charge in [0.1, 0.15) is 16.4 Å². The van der Waals surface area contributed by atoms with Crippen LogP contribution in [-0.4, -0.2) is 17.1 Å². The molecule has 0 atom stereocenters. The number of H-pyrrole nitrogens is 1. The summed E-state index contributed by atoms with van der Waals surface area (Å²) < 4.78 is 5.54. The fourth-order valence-corrected chi connectivity index (χ4v) is 4.35. The molecule has 2 heterocycles. The SMILES string of the molecule is COc1ccc(C)cc1-c1c(C)sc2nc(-c3ccc(C)cc3)[nH]c(=O)c12. The molecule has 136 valence electrons. The van der Waals surface area contributed by atoms with Crippen molar-refractivity contribution >= 4 is 21.6 Å². The van der Waals surface area contributed by atoms with Gasteiger partial charge in [-0.15, -0.1) is 11.3 Å². The fourth-order valence-electron chi connectivity index (χ4n) is 3.31. The average molecular weight is 376 g/mol. The fraction of sp³-hybridized carbons (Fsp3) is 0.182. The number of nitrogens with zero attached hydrogens (tertiary/aromatic N) is 1. The van der Waals surface area contributed by atoms with Gasteiger partial charge in [0.2, 0.25) is 0 Å². The van der Waals surface area contributed by atoms with Gasteiger partial charge in [-0.25, -0.2) is 4.98 Å². The van der Waals surface area contributed by atoms with Crippen molar-refractivity contribution in [3.05, 3.63) is 68.8 Å². The van der Waals surface area contributed by atoms with Crippen molar-refractivity contribution in [1.82, 2.24) is 9.97 Å². The van der Waals surface area contributed by atoms with Crippen molar-refractivity contribution in [2.45, 2.75) is 20.8 Å². The quantitative estimate of drug-likeness (QED) is 0.531. The van der Waals surface area contributed by atoms with Crippen LogP contribution in [-0.2, 0) is 0 Å². The lowest BCUT2D eigenvalue weighted by Gasteiger charge is -2.10. The van der Waals surface area contributed by atoms with Crippen LogP contribution in [0.5, 0.6) is 5.75 Å². The number of rotatable bonds is 3. The van der Waals surface area contributed by atoms with E-state index < -0.39 is 0 Å². The highest BCUT2D eigenvalue weighted by molar-refractivity contribution is 7.19. The third kappa shape index (κ3) is 3.04. The van der Waals surface area contributed by atoms with Crippen molar-refractivity contribution in [3.63, 3.8) is 0 Å². The van der Waals surface area contributed by atoms with E-state index in [0.717, 1.165) is 37.7 Å². The van der Waals surface area contributed by atoms with Crippen molar-refractivity contribution in [3.8, 4) is 28.3 Å². The van der Waals surface area contributed by atoms with Gasteiger partial charge in [-0.1, -0.05) is 41.5 Å². The molecule has 1 N–H and O–H groups in total. The molecule has 2 aromatic heterocycles. The molecule has 27 heavy (non-hydrogen) atoms. The molecule has 0 fully saturated rings. The number of aromatic nitrogens is 2. The van der Waals surface area contributed by atoms with Crippen LogP contribution in [0.2, 0.25) is 0 Å². The second-order valence-corrected chi connectivity index (χ2v) is 7.90. The zero-order valence-corrected chi connectivity index (χ0v) is 16.5. The molecule has 0 amide bonds. The van der Waals surface area contributed by atoms with Gasteiger partial charge in [0.15, 0.2) is 0 Å². The van der Waals surface area contributed by atoms with E-state index in [1.165, 1.54) is 16.9 Å². The number of methoxy groups -OCH3 is 1. The largest absolute Gasteiger partial charge is 0.496 e. The van der Waals surface area contributed by atoms with Crippen LogP contribution in [0.25, 0.3) is 32.7 Å². The van der Waals surface area contributed by atoms with Gasteiger partial charge in [0, 0.05) is 21.6 Å². The van der Waals surface area contributed by atoms with Crippen LogP contribution < -0.4 is 10.3 Å². The monoisotopic (exact) mass is 376 g/mol. The number of thiophene rings is 1. The van der Waals surface area contributed by atoms with Gasteiger partial charge < -0.3 is 9.72 Å². The van der Waals surface area contributed by atoms with Crippen molar-refractivity contribution in [2.75, 3.05) is 7.11 Å². The Hall–Kier alpha value is -2.92. The number of benzene rings is 2. The molecule has 4 aromatic rings. The summed E-state index contributed by atoms with van der Waals surface area (Å²) in [5, 5.41) is 0.622. The first-order valence-electron chi connectivity index (χ1n) is 8.73. The lowest BCUT2D eigenvalue weighted by molar-refractivity contribution is 0.416. The first kappa shape index (κ1) is 17.5. The van der Waals surface area contributed by atoms with E-state index in [1.807, 2.05) is 57.2 Å². The summed E-state index contributed by atoms with van der Waals surface area (Å²) in [7, 11) is 1.65. The highest BCUT2D eigenvalue weighted by Gasteiger charge is 2.20. The Labute approximate surface area is 161 Å². The molecular weight excluding hydrogens is 356 g/mol. The molecule has 0 spiro atoms. The van der Waals surface area contributed by atoms with Gasteiger partial charge in [-0.2, -0.15) is 0 Å². The van der Waals surface area contributed by atoms with E-state index in [9.17, 15) is 4.79 Å². The predicted molar refractivity (Wildman–Crippen MR) is 112 cm³/mol. The minimum atomic E-state index is -0.126. The predicted octanol–water partition coefficient (Wildman–Crippen LogP) is 5.25. The number of aromatic amines is 1. The molecule has 0 aliphatic carbocycles. The highest BCUT2D eigenvalue weighted by Crippen LogP contribution is 2.40. The van der Waals surface area contributed by atoms with Crippen LogP contribution in [0.4, 0.5) is 0 Å². The highest BCUT2D eigenvalue weighted by atomic mass is 32.1. The van der Waals surface area contributed by atoms with Gasteiger partial charge in [-0.3, -0.25) is 4.79 Å². The first-order chi connectivity index (χ1) is 13.0. The standard InChI is InChI=1S/C22H20N2O2S/c1-12-5-8-15(9-6-12)20-23-21(25)19-18(14(3)27-22(19)24-20)16-11-13(2)7-10-17(16)26-4/h5-11H,1-4H3,(H,23,24,25). The second-order valence-electron chi connectivity index (χ2n) is 6.70. The van der Waals surface area contributed by atoms with Crippen molar-refractivity contribution in [2.24, 2.45) is 0 Å². The van der Waals surface area contributed by atoms with Crippen molar-refractivity contribution in [1.29, 1.82) is 0 Å². The van der Waals surface area contributed by atoms with Crippen LogP contribution >= 0.6 is 11.3 Å². The Kier molecular flexibility index (Phi) is 4.32. The molecule has 0 radical (unpaired) electrons. The van der Waals surface area contributed by atoms with Crippen LogP contribution in [0.1, 0.15) is 16.0 Å². The number of hydrogen-bond donors (Lipinski definition) is 1. The summed E-state index contributed by atoms with van der Waals surface area (Å²) in [6.45, 7) is 6.09. The molecule has 4 nitrogen and oxygen atoms in total. The maximum atomic E-state index is 13.0. The molecule has 0 saturated carbocycles. The summed E-state index contributed by atoms with van der Waals surface area (Å²) in [6, 6.07) is 14.0. The zero-order valence-electron chi connectivity index (χ0n) is 15.7. The normalized spacial score (nSPS) is 11.1. The van der Waals surface area contributed by atoms with Crippen LogP contribution in [0.15, 0.2) is 47.3 Å². The minimum Gasteiger partial charge on any atom is -0.496 e. The molecular formula is C22H20N2O2S. The smallest absolute Gasteiger partial charge is 0.260 e. The lowest BCUT2D eigenvalue weighted by Crippen LogP contribution is -2.09. The Morgan fingerprint density at radius 2 is 1.70 bits per heavy atom. The zero-order chi connectivity index (χ0) is 19.1. The average Bonchev–Trinajstić information content (AvgIpc) is 2.98. The van der Waals surface area contributed by atoms with Gasteiger partial charge in [0.25, 0.3) is 5.56 Å². The lowest BCUT2D eigenvalue weighted by atomic mass is 10.0. The molecule has 0 bridgehead atoms. The third-order valence-corrected chi connectivity index (χ3v) is 5.69. The molecule has 4 rings (SSSR count). The van der Waals surface area contributed by atoms with Gasteiger partial charge >= 0.3 is 0 Å². The van der Waals surface area contributed by atoms with Crippen LogP contribution in [0.3, 0.4) is 0 Å². The molecule has 0 aliphatic rings. The maximum Gasteiger partial charge on any atom is 0.260 e. The minimum absolute atomic E-state index is 0.126. The Bertz CT molecular complexity index is 1200. The maximum absolute atomic E-state index is 13.0. The number of ether oxygens (including phenoxy) is 1. The first-order valence-corrected chi connectivity index (χ1v) is 9.55. The number of fused-ring (bicyclic) bond motifs is 1. The molecule has 2 aromatic carbocycles. The second kappa shape index (κ2) is 6.67. The van der Waals surface area contributed by atoms with E-state index >= 15 is 0 Å². The summed E-state index contributed by atoms with van der Waals surface area (Å²) in [4.78, 5) is 22.5. The third-order valence-electron chi connectivity index (χ3n) is 4.69. The summed E-state index contributed by atoms with van der Waals surface area (Å²) in [6.07, 6.45) is 0. The summed E-state index contributed by atoms with van der Waals surface area (Å²) >= 11 is 1.54.